The van der Waals surface area contributed by atoms with E-state index in [4.69, 9.17) is 21.7 Å². The van der Waals surface area contributed by atoms with Crippen LogP contribution in [-0.2, 0) is 13.1 Å². The molecule has 9 heteroatoms. The topological polar surface area (TPSA) is 66.3 Å². The molecule has 0 N–H and O–H groups in total. The minimum atomic E-state index is 0. The van der Waals surface area contributed by atoms with Crippen molar-refractivity contribution in [3.63, 3.8) is 0 Å². The molecule has 0 spiro atoms. The number of aromatic nitrogens is 7. The molecular weight excluding hydrogens is 385 g/mol. The number of aryl methyl sites for hydroxylation is 2. The van der Waals surface area contributed by atoms with Crippen LogP contribution in [0.4, 0.5) is 0 Å². The number of hydrogen-bond acceptors (Lipinski definition) is 4. The molecule has 0 radical (unpaired) electrons. The van der Waals surface area contributed by atoms with Crippen LogP contribution >= 0.6 is 24.0 Å². The van der Waals surface area contributed by atoms with Crippen molar-refractivity contribution in [1.82, 2.24) is 33.9 Å². The summed E-state index contributed by atoms with van der Waals surface area (Å²) >= 11 is 6.28. The summed E-state index contributed by atoms with van der Waals surface area (Å²) in [5, 5.41) is 5.42. The van der Waals surface area contributed by atoms with Gasteiger partial charge in [0.15, 0.2) is 11.6 Å². The summed E-state index contributed by atoms with van der Waals surface area (Å²) in [6.45, 7) is 5.18. The Bertz CT molecular complexity index is 1140. The van der Waals surface area contributed by atoms with Gasteiger partial charge in [-0.3, -0.25) is 0 Å². The van der Waals surface area contributed by atoms with Gasteiger partial charge in [0, 0.05) is 23.0 Å². The Morgan fingerprint density at radius 3 is 2.81 bits per heavy atom. The Labute approximate surface area is 167 Å². The molecule has 0 amide bonds. The molecular formula is C18H17Cl2N7. The fourth-order valence-electron chi connectivity index (χ4n) is 3.39. The van der Waals surface area contributed by atoms with Crippen molar-refractivity contribution in [2.24, 2.45) is 0 Å². The highest BCUT2D eigenvalue weighted by Crippen LogP contribution is 2.33. The van der Waals surface area contributed by atoms with Crippen molar-refractivity contribution in [2.75, 3.05) is 0 Å². The highest BCUT2D eigenvalue weighted by molar-refractivity contribution is 6.31. The molecule has 27 heavy (non-hydrogen) atoms. The first-order valence-electron chi connectivity index (χ1n) is 8.35. The Morgan fingerprint density at radius 2 is 2.04 bits per heavy atom. The van der Waals surface area contributed by atoms with Crippen LogP contribution in [0.5, 0.6) is 0 Å². The summed E-state index contributed by atoms with van der Waals surface area (Å²) in [5.74, 6) is 2.50. The molecule has 5 rings (SSSR count). The van der Waals surface area contributed by atoms with Gasteiger partial charge in [-0.15, -0.1) is 12.4 Å². The van der Waals surface area contributed by atoms with Crippen LogP contribution in [0, 0.1) is 13.8 Å². The Morgan fingerprint density at radius 1 is 1.19 bits per heavy atom. The third-order valence-corrected chi connectivity index (χ3v) is 5.02. The number of halogens is 2. The summed E-state index contributed by atoms with van der Waals surface area (Å²) < 4.78 is 6.06. The van der Waals surface area contributed by atoms with Crippen molar-refractivity contribution in [2.45, 2.75) is 26.9 Å². The van der Waals surface area contributed by atoms with Gasteiger partial charge in [0.25, 0.3) is 0 Å². The van der Waals surface area contributed by atoms with Gasteiger partial charge in [0.1, 0.15) is 5.82 Å². The van der Waals surface area contributed by atoms with Crippen LogP contribution in [0.3, 0.4) is 0 Å². The van der Waals surface area contributed by atoms with E-state index >= 15 is 0 Å². The Balaban J connectivity index is 0.00000180. The summed E-state index contributed by atoms with van der Waals surface area (Å²) in [4.78, 5) is 13.5. The number of imidazole rings is 2. The van der Waals surface area contributed by atoms with Crippen LogP contribution in [0.15, 0.2) is 36.9 Å². The lowest BCUT2D eigenvalue weighted by atomic mass is 10.1. The first-order valence-corrected chi connectivity index (χ1v) is 8.72. The summed E-state index contributed by atoms with van der Waals surface area (Å²) in [6.07, 6.45) is 5.57. The molecule has 1 aromatic carbocycles. The fraction of sp³-hybridized carbons (Fsp3) is 0.222. The van der Waals surface area contributed by atoms with E-state index in [1.807, 2.05) is 53.8 Å². The standard InChI is InChI=1S/C18H16ClN7.ClH/c1-11-16-8-26-18(22-17(23-26)9-24-6-5-20-12(24)2)14-7-13(19)3-4-15(14)25(16)10-21-11;/h3-7,10H,8-9H2,1-2H3;1H. The van der Waals surface area contributed by atoms with E-state index in [1.54, 1.807) is 6.20 Å². The first kappa shape index (κ1) is 17.8. The van der Waals surface area contributed by atoms with Gasteiger partial charge in [-0.25, -0.2) is 19.6 Å². The number of fused-ring (bicyclic) bond motifs is 5. The zero-order chi connectivity index (χ0) is 17.8. The summed E-state index contributed by atoms with van der Waals surface area (Å²) in [7, 11) is 0. The lowest BCUT2D eigenvalue weighted by Gasteiger charge is -2.08. The van der Waals surface area contributed by atoms with E-state index in [0.29, 0.717) is 18.1 Å². The van der Waals surface area contributed by atoms with Crippen LogP contribution in [-0.4, -0.2) is 33.9 Å². The quantitative estimate of drug-likeness (QED) is 0.454. The molecule has 138 valence electrons. The SMILES string of the molecule is Cc1ncn2c1Cn1nc(Cn3ccnc3C)nc1-c1cc(Cl)ccc1-2.Cl. The van der Waals surface area contributed by atoms with Crippen LogP contribution < -0.4 is 0 Å². The van der Waals surface area contributed by atoms with Gasteiger partial charge in [-0.1, -0.05) is 11.6 Å². The molecule has 0 atom stereocenters. The average molecular weight is 402 g/mol. The maximum Gasteiger partial charge on any atom is 0.171 e. The molecule has 4 aromatic rings. The molecule has 7 nitrogen and oxygen atoms in total. The van der Waals surface area contributed by atoms with Gasteiger partial charge >= 0.3 is 0 Å². The van der Waals surface area contributed by atoms with E-state index in [9.17, 15) is 0 Å². The van der Waals surface area contributed by atoms with Crippen LogP contribution in [0.2, 0.25) is 5.02 Å². The third kappa shape index (κ3) is 2.83. The second-order valence-electron chi connectivity index (χ2n) is 6.42. The van der Waals surface area contributed by atoms with Crippen LogP contribution in [0.25, 0.3) is 17.1 Å². The van der Waals surface area contributed by atoms with Gasteiger partial charge in [0.2, 0.25) is 0 Å². The highest BCUT2D eigenvalue weighted by Gasteiger charge is 2.24. The van der Waals surface area contributed by atoms with Crippen molar-refractivity contribution >= 4 is 24.0 Å². The van der Waals surface area contributed by atoms with Crippen molar-refractivity contribution in [3.8, 4) is 17.1 Å². The summed E-state index contributed by atoms with van der Waals surface area (Å²) in [6, 6.07) is 5.84. The van der Waals surface area contributed by atoms with Crippen molar-refractivity contribution in [3.05, 3.63) is 65.0 Å². The van der Waals surface area contributed by atoms with Gasteiger partial charge in [-0.2, -0.15) is 5.10 Å². The van der Waals surface area contributed by atoms with Crippen molar-refractivity contribution < 1.29 is 0 Å². The second-order valence-corrected chi connectivity index (χ2v) is 6.86. The van der Waals surface area contributed by atoms with Gasteiger partial charge < -0.3 is 9.13 Å². The molecule has 0 saturated heterocycles. The molecule has 0 bridgehead atoms. The van der Waals surface area contributed by atoms with E-state index < -0.39 is 0 Å². The highest BCUT2D eigenvalue weighted by atomic mass is 35.5. The fourth-order valence-corrected chi connectivity index (χ4v) is 3.56. The molecule has 0 fully saturated rings. The smallest absolute Gasteiger partial charge is 0.171 e. The molecule has 1 aliphatic heterocycles. The average Bonchev–Trinajstić information content (AvgIpc) is 3.28. The van der Waals surface area contributed by atoms with E-state index in [0.717, 1.165) is 40.1 Å². The molecule has 0 unspecified atom stereocenters. The Hall–Kier alpha value is -2.64. The maximum atomic E-state index is 6.28. The summed E-state index contributed by atoms with van der Waals surface area (Å²) in [5.41, 5.74) is 4.06. The van der Waals surface area contributed by atoms with Crippen molar-refractivity contribution in [1.29, 1.82) is 0 Å². The molecule has 1 aliphatic rings. The second kappa shape index (κ2) is 6.51. The minimum absolute atomic E-state index is 0. The molecule has 4 heterocycles. The van der Waals surface area contributed by atoms with Gasteiger partial charge in [0.05, 0.1) is 36.5 Å². The van der Waals surface area contributed by atoms with E-state index in [2.05, 4.69) is 14.5 Å². The molecule has 3 aromatic heterocycles. The maximum absolute atomic E-state index is 6.28. The normalized spacial score (nSPS) is 12.0. The van der Waals surface area contributed by atoms with E-state index in [1.165, 1.54) is 0 Å². The molecule has 0 aliphatic carbocycles. The number of hydrogen-bond donors (Lipinski definition) is 0. The number of rotatable bonds is 2. The third-order valence-electron chi connectivity index (χ3n) is 4.78. The van der Waals surface area contributed by atoms with Crippen LogP contribution in [0.1, 0.15) is 23.0 Å². The zero-order valence-corrected chi connectivity index (χ0v) is 16.4. The predicted molar refractivity (Wildman–Crippen MR) is 105 cm³/mol. The zero-order valence-electron chi connectivity index (χ0n) is 14.8. The predicted octanol–water partition coefficient (Wildman–Crippen LogP) is 3.43. The number of nitrogens with zero attached hydrogens (tertiary/aromatic N) is 7. The molecule has 0 saturated carbocycles. The lowest BCUT2D eigenvalue weighted by molar-refractivity contribution is 0.643. The van der Waals surface area contributed by atoms with E-state index in [-0.39, 0.29) is 12.4 Å². The number of benzene rings is 1. The first-order chi connectivity index (χ1) is 12.6. The largest absolute Gasteiger partial charge is 0.327 e. The Kier molecular flexibility index (Phi) is 4.28. The van der Waals surface area contributed by atoms with Gasteiger partial charge in [-0.05, 0) is 32.0 Å². The lowest BCUT2D eigenvalue weighted by Crippen LogP contribution is -2.07. The minimum Gasteiger partial charge on any atom is -0.327 e. The monoisotopic (exact) mass is 401 g/mol.